The molecule has 0 spiro atoms. The Morgan fingerprint density at radius 3 is 2.76 bits per heavy atom. The molecule has 150 valence electrons. The van der Waals surface area contributed by atoms with E-state index in [0.29, 0.717) is 28.9 Å². The molecule has 0 unspecified atom stereocenters. The highest BCUT2D eigenvalue weighted by Gasteiger charge is 2.27. The Morgan fingerprint density at radius 1 is 1.14 bits per heavy atom. The van der Waals surface area contributed by atoms with E-state index < -0.39 is 0 Å². The van der Waals surface area contributed by atoms with Crippen LogP contribution in [0, 0.1) is 6.92 Å². The highest BCUT2D eigenvalue weighted by molar-refractivity contribution is 8.00. The van der Waals surface area contributed by atoms with Gasteiger partial charge in [-0.3, -0.25) is 9.36 Å². The number of hydrogen-bond donors (Lipinski definition) is 1. The number of rotatable bonds is 5. The first-order valence-electron chi connectivity index (χ1n) is 9.30. The van der Waals surface area contributed by atoms with Gasteiger partial charge in [0.05, 0.1) is 25.2 Å². The van der Waals surface area contributed by atoms with Gasteiger partial charge in [-0.1, -0.05) is 30.0 Å². The van der Waals surface area contributed by atoms with Crippen LogP contribution in [0.1, 0.15) is 17.8 Å². The lowest BCUT2D eigenvalue weighted by Gasteiger charge is -2.16. The van der Waals surface area contributed by atoms with E-state index in [1.807, 2.05) is 47.9 Å². The summed E-state index contributed by atoms with van der Waals surface area (Å²) in [6.07, 6.45) is 1.54. The van der Waals surface area contributed by atoms with E-state index in [1.165, 1.54) is 11.8 Å². The first kappa shape index (κ1) is 19.3. The van der Waals surface area contributed by atoms with Crippen LogP contribution in [-0.2, 0) is 11.2 Å². The lowest BCUT2D eigenvalue weighted by Crippen LogP contribution is -2.24. The van der Waals surface area contributed by atoms with E-state index >= 15 is 0 Å². The minimum Gasteiger partial charge on any atom is -0.497 e. The van der Waals surface area contributed by atoms with Gasteiger partial charge in [-0.2, -0.15) is 0 Å². The first-order chi connectivity index (χ1) is 14.1. The molecule has 0 aliphatic carbocycles. The molecule has 0 bridgehead atoms. The number of thioether (sulfide) groups is 1. The number of aryl methyl sites for hydroxylation is 2. The van der Waals surface area contributed by atoms with E-state index in [-0.39, 0.29) is 11.2 Å². The summed E-state index contributed by atoms with van der Waals surface area (Å²) in [7, 11) is 3.24. The second-order valence-electron chi connectivity index (χ2n) is 6.69. The Balaban J connectivity index is 1.66. The number of para-hydroxylation sites is 1. The minimum absolute atomic E-state index is 0.0234. The third-order valence-corrected chi connectivity index (χ3v) is 6.12. The molecule has 2 aromatic carbocycles. The zero-order valence-corrected chi connectivity index (χ0v) is 17.3. The summed E-state index contributed by atoms with van der Waals surface area (Å²) in [5, 5.41) is 12.0. The van der Waals surface area contributed by atoms with Crippen LogP contribution in [0.15, 0.2) is 47.6 Å². The molecule has 0 fully saturated rings. The fourth-order valence-electron chi connectivity index (χ4n) is 3.40. The SMILES string of the molecule is COc1ccc(OC)c(-n2c(C)nnc2S[C@H]2CCc3ccccc3NC2=O)c1. The minimum atomic E-state index is -0.277. The summed E-state index contributed by atoms with van der Waals surface area (Å²) in [4.78, 5) is 12.8. The van der Waals surface area contributed by atoms with Crippen LogP contribution in [0.25, 0.3) is 5.69 Å². The van der Waals surface area contributed by atoms with Crippen molar-refractivity contribution in [3.05, 3.63) is 53.9 Å². The predicted octanol–water partition coefficient (Wildman–Crippen LogP) is 3.64. The average molecular weight is 410 g/mol. The van der Waals surface area contributed by atoms with Crippen molar-refractivity contribution in [1.82, 2.24) is 14.8 Å². The average Bonchev–Trinajstić information content (AvgIpc) is 3.02. The van der Waals surface area contributed by atoms with Gasteiger partial charge >= 0.3 is 0 Å². The number of fused-ring (bicyclic) bond motifs is 1. The maximum atomic E-state index is 12.8. The molecule has 7 nitrogen and oxygen atoms in total. The second-order valence-corrected chi connectivity index (χ2v) is 7.86. The molecular weight excluding hydrogens is 388 g/mol. The van der Waals surface area contributed by atoms with Crippen LogP contribution < -0.4 is 14.8 Å². The fraction of sp³-hybridized carbons (Fsp3) is 0.286. The van der Waals surface area contributed by atoms with Gasteiger partial charge in [-0.15, -0.1) is 10.2 Å². The maximum Gasteiger partial charge on any atom is 0.237 e. The fourth-order valence-corrected chi connectivity index (χ4v) is 4.48. The van der Waals surface area contributed by atoms with Crippen molar-refractivity contribution >= 4 is 23.4 Å². The van der Waals surface area contributed by atoms with E-state index in [1.54, 1.807) is 14.2 Å². The number of benzene rings is 2. The molecule has 1 N–H and O–H groups in total. The zero-order chi connectivity index (χ0) is 20.4. The third-order valence-electron chi connectivity index (χ3n) is 4.91. The van der Waals surface area contributed by atoms with Crippen LogP contribution in [0.4, 0.5) is 5.69 Å². The summed E-state index contributed by atoms with van der Waals surface area (Å²) in [6.45, 7) is 1.87. The van der Waals surface area contributed by atoms with Crippen molar-refractivity contribution < 1.29 is 14.3 Å². The van der Waals surface area contributed by atoms with Gasteiger partial charge < -0.3 is 14.8 Å². The van der Waals surface area contributed by atoms with Crippen molar-refractivity contribution in [3.8, 4) is 17.2 Å². The number of anilines is 1. The number of ether oxygens (including phenoxy) is 2. The molecule has 1 amide bonds. The monoisotopic (exact) mass is 410 g/mol. The smallest absolute Gasteiger partial charge is 0.237 e. The van der Waals surface area contributed by atoms with Gasteiger partial charge in [0.15, 0.2) is 5.16 Å². The zero-order valence-electron chi connectivity index (χ0n) is 16.5. The number of methoxy groups -OCH3 is 2. The molecule has 1 atom stereocenters. The number of carbonyl (C=O) groups is 1. The molecule has 3 aromatic rings. The van der Waals surface area contributed by atoms with Crippen molar-refractivity contribution in [3.63, 3.8) is 0 Å². The summed E-state index contributed by atoms with van der Waals surface area (Å²) in [5.41, 5.74) is 2.80. The third kappa shape index (κ3) is 3.80. The Bertz CT molecular complexity index is 1050. The molecule has 8 heteroatoms. The van der Waals surface area contributed by atoms with E-state index in [9.17, 15) is 4.79 Å². The van der Waals surface area contributed by atoms with E-state index in [4.69, 9.17) is 9.47 Å². The number of hydrogen-bond acceptors (Lipinski definition) is 6. The largest absolute Gasteiger partial charge is 0.497 e. The molecule has 0 saturated carbocycles. The molecule has 0 radical (unpaired) electrons. The molecule has 4 rings (SSSR count). The van der Waals surface area contributed by atoms with Crippen molar-refractivity contribution in [1.29, 1.82) is 0 Å². The summed E-state index contributed by atoms with van der Waals surface area (Å²) in [6, 6.07) is 13.5. The molecule has 2 heterocycles. The lowest BCUT2D eigenvalue weighted by atomic mass is 10.1. The van der Waals surface area contributed by atoms with Crippen LogP contribution in [0.5, 0.6) is 11.5 Å². The Morgan fingerprint density at radius 2 is 1.97 bits per heavy atom. The standard InChI is InChI=1S/C21H22N4O3S/c1-13-23-24-21(25(13)17-12-15(27-2)9-10-18(17)28-3)29-19-11-8-14-6-4-5-7-16(14)22-20(19)26/h4-7,9-10,12,19H,8,11H2,1-3H3,(H,22,26)/t19-/m0/s1. The van der Waals surface area contributed by atoms with Gasteiger partial charge in [0.1, 0.15) is 17.3 Å². The van der Waals surface area contributed by atoms with Crippen molar-refractivity contribution in [2.45, 2.75) is 30.2 Å². The highest BCUT2D eigenvalue weighted by Crippen LogP contribution is 2.35. The normalized spacial score (nSPS) is 16.0. The molecule has 1 aliphatic rings. The van der Waals surface area contributed by atoms with E-state index in [0.717, 1.165) is 23.4 Å². The van der Waals surface area contributed by atoms with Crippen LogP contribution in [0.2, 0.25) is 0 Å². The molecule has 29 heavy (non-hydrogen) atoms. The van der Waals surface area contributed by atoms with E-state index in [2.05, 4.69) is 21.6 Å². The number of nitrogens with one attached hydrogen (secondary N) is 1. The Hall–Kier alpha value is -3.00. The van der Waals surface area contributed by atoms with Gasteiger partial charge in [-0.25, -0.2) is 0 Å². The quantitative estimate of drug-likeness (QED) is 0.692. The first-order valence-corrected chi connectivity index (χ1v) is 10.2. The lowest BCUT2D eigenvalue weighted by molar-refractivity contribution is -0.115. The summed E-state index contributed by atoms with van der Waals surface area (Å²) >= 11 is 1.41. The molecule has 1 aromatic heterocycles. The summed E-state index contributed by atoms with van der Waals surface area (Å²) < 4.78 is 12.8. The number of nitrogens with zero attached hydrogens (tertiary/aromatic N) is 3. The van der Waals surface area contributed by atoms with Crippen molar-refractivity contribution in [2.75, 3.05) is 19.5 Å². The second kappa shape index (κ2) is 8.16. The summed E-state index contributed by atoms with van der Waals surface area (Å²) in [5.74, 6) is 2.06. The maximum absolute atomic E-state index is 12.8. The predicted molar refractivity (Wildman–Crippen MR) is 112 cm³/mol. The van der Waals surface area contributed by atoms with Gasteiger partial charge in [0.25, 0.3) is 0 Å². The van der Waals surface area contributed by atoms with Gasteiger partial charge in [-0.05, 0) is 43.5 Å². The number of amides is 1. The Labute approximate surface area is 173 Å². The van der Waals surface area contributed by atoms with Gasteiger partial charge in [0.2, 0.25) is 5.91 Å². The highest BCUT2D eigenvalue weighted by atomic mass is 32.2. The molecular formula is C21H22N4O3S. The van der Waals surface area contributed by atoms with Crippen LogP contribution in [0.3, 0.4) is 0 Å². The Kier molecular flexibility index (Phi) is 5.44. The van der Waals surface area contributed by atoms with Crippen LogP contribution in [-0.4, -0.2) is 40.1 Å². The number of aromatic nitrogens is 3. The van der Waals surface area contributed by atoms with Gasteiger partial charge in [0, 0.05) is 11.8 Å². The number of carbonyl (C=O) groups excluding carboxylic acids is 1. The molecule has 0 saturated heterocycles. The van der Waals surface area contributed by atoms with Crippen LogP contribution >= 0.6 is 11.8 Å². The topological polar surface area (TPSA) is 78.3 Å². The molecule has 1 aliphatic heterocycles. The van der Waals surface area contributed by atoms with Crippen molar-refractivity contribution in [2.24, 2.45) is 0 Å².